The van der Waals surface area contributed by atoms with Crippen molar-refractivity contribution in [1.29, 1.82) is 0 Å². The minimum Gasteiger partial charge on any atom is -0.372 e. The molecule has 0 aromatic carbocycles. The average Bonchev–Trinajstić information content (AvgIpc) is 2.53. The number of aryl methyl sites for hydroxylation is 1. The van der Waals surface area contributed by atoms with Crippen molar-refractivity contribution in [3.63, 3.8) is 0 Å². The highest BCUT2D eigenvalue weighted by Crippen LogP contribution is 2.29. The summed E-state index contributed by atoms with van der Waals surface area (Å²) in [6.45, 7) is 7.67. The third-order valence-electron chi connectivity index (χ3n) is 4.53. The highest BCUT2D eigenvalue weighted by molar-refractivity contribution is 5.76. The fourth-order valence-electron chi connectivity index (χ4n) is 3.48. The summed E-state index contributed by atoms with van der Waals surface area (Å²) in [4.78, 5) is 23.3. The van der Waals surface area contributed by atoms with E-state index in [2.05, 4.69) is 29.0 Å². The molecule has 2 aliphatic rings. The van der Waals surface area contributed by atoms with Gasteiger partial charge in [-0.1, -0.05) is 6.92 Å². The second-order valence-corrected chi connectivity index (χ2v) is 6.60. The Hall–Kier alpha value is -1.69. The van der Waals surface area contributed by atoms with Gasteiger partial charge in [0, 0.05) is 31.3 Å². The molecule has 6 heteroatoms. The normalized spacial score (nSPS) is 27.4. The first-order chi connectivity index (χ1) is 11.1. The first kappa shape index (κ1) is 16.2. The van der Waals surface area contributed by atoms with E-state index in [0.717, 1.165) is 49.6 Å². The zero-order valence-corrected chi connectivity index (χ0v) is 14.2. The molecule has 0 radical (unpaired) electrons. The minimum absolute atomic E-state index is 0.0581. The Kier molecular flexibility index (Phi) is 4.80. The van der Waals surface area contributed by atoms with Crippen LogP contribution in [0.5, 0.6) is 0 Å². The van der Waals surface area contributed by atoms with Crippen LogP contribution in [0.4, 0.5) is 5.95 Å². The third-order valence-corrected chi connectivity index (χ3v) is 4.53. The fourth-order valence-corrected chi connectivity index (χ4v) is 3.48. The van der Waals surface area contributed by atoms with Crippen LogP contribution in [0, 0.1) is 0 Å². The highest BCUT2D eigenvalue weighted by atomic mass is 16.5. The van der Waals surface area contributed by atoms with Gasteiger partial charge in [0.15, 0.2) is 0 Å². The van der Waals surface area contributed by atoms with E-state index in [0.29, 0.717) is 6.42 Å². The molecule has 23 heavy (non-hydrogen) atoms. The monoisotopic (exact) mass is 318 g/mol. The molecule has 1 aromatic heterocycles. The summed E-state index contributed by atoms with van der Waals surface area (Å²) in [5, 5.41) is 3.09. The Morgan fingerprint density at radius 1 is 1.39 bits per heavy atom. The molecule has 3 atom stereocenters. The number of aromatic nitrogens is 2. The number of morpholine rings is 1. The summed E-state index contributed by atoms with van der Waals surface area (Å²) in [5.41, 5.74) is 2.16. The molecule has 126 valence electrons. The third kappa shape index (κ3) is 3.63. The maximum atomic E-state index is 11.7. The van der Waals surface area contributed by atoms with Crippen LogP contribution >= 0.6 is 0 Å². The van der Waals surface area contributed by atoms with Crippen LogP contribution in [0.25, 0.3) is 0 Å². The van der Waals surface area contributed by atoms with E-state index in [-0.39, 0.29) is 24.2 Å². The van der Waals surface area contributed by atoms with E-state index < -0.39 is 0 Å². The molecular weight excluding hydrogens is 292 g/mol. The van der Waals surface area contributed by atoms with Crippen molar-refractivity contribution in [3.05, 3.63) is 17.5 Å². The number of ether oxygens (including phenoxy) is 1. The number of nitrogens with one attached hydrogen (secondary N) is 1. The molecule has 1 N–H and O–H groups in total. The van der Waals surface area contributed by atoms with Crippen LogP contribution in [0.1, 0.15) is 57.3 Å². The molecule has 1 amide bonds. The van der Waals surface area contributed by atoms with Crippen LogP contribution in [0.15, 0.2) is 6.20 Å². The SMILES string of the molecule is CCC(=O)N[C@@H]1CCCc2nc(N3C[C@@H](C)O[C@H](C)C3)ncc21. The van der Waals surface area contributed by atoms with Crippen molar-refractivity contribution in [2.75, 3.05) is 18.0 Å². The molecule has 1 aliphatic heterocycles. The number of fused-ring (bicyclic) bond motifs is 1. The lowest BCUT2D eigenvalue weighted by Gasteiger charge is -2.36. The van der Waals surface area contributed by atoms with Crippen molar-refractivity contribution in [1.82, 2.24) is 15.3 Å². The number of hydrogen-bond acceptors (Lipinski definition) is 5. The van der Waals surface area contributed by atoms with Crippen molar-refractivity contribution in [2.24, 2.45) is 0 Å². The smallest absolute Gasteiger partial charge is 0.225 e. The maximum absolute atomic E-state index is 11.7. The minimum atomic E-state index is 0.0581. The molecule has 1 fully saturated rings. The lowest BCUT2D eigenvalue weighted by molar-refractivity contribution is -0.121. The van der Waals surface area contributed by atoms with E-state index in [1.807, 2.05) is 13.1 Å². The molecule has 0 spiro atoms. The second-order valence-electron chi connectivity index (χ2n) is 6.60. The average molecular weight is 318 g/mol. The van der Waals surface area contributed by atoms with Gasteiger partial charge in [0.1, 0.15) is 0 Å². The van der Waals surface area contributed by atoms with Crippen molar-refractivity contribution < 1.29 is 9.53 Å². The van der Waals surface area contributed by atoms with Gasteiger partial charge in [0.2, 0.25) is 11.9 Å². The Morgan fingerprint density at radius 3 is 2.83 bits per heavy atom. The van der Waals surface area contributed by atoms with E-state index in [9.17, 15) is 4.79 Å². The predicted octanol–water partition coefficient (Wildman–Crippen LogP) is 1.99. The van der Waals surface area contributed by atoms with Crippen molar-refractivity contribution in [2.45, 2.75) is 64.7 Å². The Morgan fingerprint density at radius 2 is 2.13 bits per heavy atom. The molecule has 1 saturated heterocycles. The first-order valence-electron chi connectivity index (χ1n) is 8.62. The van der Waals surface area contributed by atoms with Crippen molar-refractivity contribution >= 4 is 11.9 Å². The molecule has 0 bridgehead atoms. The van der Waals surface area contributed by atoms with E-state index in [1.54, 1.807) is 0 Å². The molecule has 2 heterocycles. The number of hydrogen-bond donors (Lipinski definition) is 1. The maximum Gasteiger partial charge on any atom is 0.225 e. The largest absolute Gasteiger partial charge is 0.372 e. The van der Waals surface area contributed by atoms with Gasteiger partial charge in [0.25, 0.3) is 0 Å². The lowest BCUT2D eigenvalue weighted by atomic mass is 9.92. The lowest BCUT2D eigenvalue weighted by Crippen LogP contribution is -2.46. The van der Waals surface area contributed by atoms with Gasteiger partial charge >= 0.3 is 0 Å². The zero-order valence-electron chi connectivity index (χ0n) is 14.2. The Balaban J connectivity index is 1.80. The summed E-state index contributed by atoms with van der Waals surface area (Å²) in [6.07, 6.45) is 5.76. The van der Waals surface area contributed by atoms with Gasteiger partial charge in [-0.3, -0.25) is 4.79 Å². The Bertz CT molecular complexity index is 568. The number of rotatable bonds is 3. The molecule has 0 unspecified atom stereocenters. The number of amides is 1. The quantitative estimate of drug-likeness (QED) is 0.923. The van der Waals surface area contributed by atoms with Crippen LogP contribution in [0.2, 0.25) is 0 Å². The van der Waals surface area contributed by atoms with Crippen molar-refractivity contribution in [3.8, 4) is 0 Å². The molecule has 1 aliphatic carbocycles. The van der Waals surface area contributed by atoms with Gasteiger partial charge in [-0.15, -0.1) is 0 Å². The zero-order chi connectivity index (χ0) is 16.4. The standard InChI is InChI=1S/C17H26N4O2/c1-4-16(22)19-14-6-5-7-15-13(14)8-18-17(20-15)21-9-11(2)23-12(3)10-21/h8,11-12,14H,4-7,9-10H2,1-3H3,(H,19,22)/t11-,12-,14-/m1/s1. The Labute approximate surface area is 137 Å². The van der Waals surface area contributed by atoms with E-state index in [4.69, 9.17) is 9.72 Å². The van der Waals surface area contributed by atoms with E-state index >= 15 is 0 Å². The van der Waals surface area contributed by atoms with Gasteiger partial charge in [-0.25, -0.2) is 9.97 Å². The molecule has 0 saturated carbocycles. The molecule has 3 rings (SSSR count). The summed E-state index contributed by atoms with van der Waals surface area (Å²) in [5.74, 6) is 0.871. The highest BCUT2D eigenvalue weighted by Gasteiger charge is 2.27. The van der Waals surface area contributed by atoms with Gasteiger partial charge in [0.05, 0.1) is 23.9 Å². The summed E-state index contributed by atoms with van der Waals surface area (Å²) in [7, 11) is 0. The van der Waals surface area contributed by atoms with Crippen LogP contribution < -0.4 is 10.2 Å². The number of carbonyl (C=O) groups excluding carboxylic acids is 1. The van der Waals surface area contributed by atoms with Gasteiger partial charge in [-0.2, -0.15) is 0 Å². The molecule has 1 aromatic rings. The first-order valence-corrected chi connectivity index (χ1v) is 8.62. The van der Waals surface area contributed by atoms with Crippen LogP contribution in [-0.4, -0.2) is 41.2 Å². The fraction of sp³-hybridized carbons (Fsp3) is 0.706. The number of carbonyl (C=O) groups is 1. The van der Waals surface area contributed by atoms with Crippen LogP contribution in [-0.2, 0) is 16.0 Å². The summed E-state index contributed by atoms with van der Waals surface area (Å²) in [6, 6.07) is 0.0581. The number of nitrogens with zero attached hydrogens (tertiary/aromatic N) is 3. The van der Waals surface area contributed by atoms with E-state index in [1.165, 1.54) is 0 Å². The second kappa shape index (κ2) is 6.83. The summed E-state index contributed by atoms with van der Waals surface area (Å²) >= 11 is 0. The van der Waals surface area contributed by atoms with Crippen LogP contribution in [0.3, 0.4) is 0 Å². The van der Waals surface area contributed by atoms with Gasteiger partial charge in [-0.05, 0) is 33.1 Å². The predicted molar refractivity (Wildman–Crippen MR) is 88.4 cm³/mol. The molecular formula is C17H26N4O2. The summed E-state index contributed by atoms with van der Waals surface area (Å²) < 4.78 is 5.78. The topological polar surface area (TPSA) is 67.4 Å². The van der Waals surface area contributed by atoms with Gasteiger partial charge < -0.3 is 15.0 Å². The number of anilines is 1. The molecule has 6 nitrogen and oxygen atoms in total.